The van der Waals surface area contributed by atoms with Gasteiger partial charge >= 0.3 is 11.5 Å². The first-order valence-corrected chi connectivity index (χ1v) is 8.19. The standard InChI is InChI=1S/C14H7Cl2N3O5S/c15-7-3-18(22)4-8(16)12(7)14-17-9(5-25-14)6-1-10(19(23)24)13(21)11(20)2-6/h1-5,17,22H. The van der Waals surface area contributed by atoms with Crippen LogP contribution in [-0.2, 0) is 9.59 Å². The van der Waals surface area contributed by atoms with Crippen LogP contribution in [-0.4, -0.2) is 26.8 Å². The maximum absolute atomic E-state index is 11.7. The summed E-state index contributed by atoms with van der Waals surface area (Å²) < 4.78 is 0. The maximum Gasteiger partial charge on any atom is 0.321 e. The lowest BCUT2D eigenvalue weighted by Gasteiger charge is -2.19. The summed E-state index contributed by atoms with van der Waals surface area (Å²) in [6, 6.07) is 0. The molecule has 0 aromatic rings. The Morgan fingerprint density at radius 1 is 1.20 bits per heavy atom. The van der Waals surface area contributed by atoms with Crippen LogP contribution in [0.25, 0.3) is 0 Å². The van der Waals surface area contributed by atoms with Crippen LogP contribution in [0.3, 0.4) is 0 Å². The van der Waals surface area contributed by atoms with Gasteiger partial charge in [0.05, 0.1) is 38.1 Å². The monoisotopic (exact) mass is 399 g/mol. The number of nitrogens with one attached hydrogen (secondary N) is 1. The molecule has 0 bridgehead atoms. The minimum absolute atomic E-state index is 0.171. The average Bonchev–Trinajstić information content (AvgIpc) is 2.98. The molecule has 25 heavy (non-hydrogen) atoms. The quantitative estimate of drug-likeness (QED) is 0.315. The van der Waals surface area contributed by atoms with Crippen LogP contribution < -0.4 is 5.32 Å². The molecule has 2 heterocycles. The summed E-state index contributed by atoms with van der Waals surface area (Å²) in [5, 5.41) is 26.4. The van der Waals surface area contributed by atoms with E-state index in [0.29, 0.717) is 21.4 Å². The molecular weight excluding hydrogens is 393 g/mol. The van der Waals surface area contributed by atoms with E-state index in [9.17, 15) is 24.9 Å². The molecular formula is C14H7Cl2N3O5S. The summed E-state index contributed by atoms with van der Waals surface area (Å²) in [6.07, 6.45) is 4.53. The SMILES string of the molecule is O=C1C=C(C2=CSC(=C3C(Cl)=CN(O)C=C3Cl)N2)C=C([N+](=O)[O-])C1=O. The fraction of sp³-hybridized carbons (Fsp3) is 0. The van der Waals surface area contributed by atoms with Crippen LogP contribution in [0.5, 0.6) is 0 Å². The van der Waals surface area contributed by atoms with Gasteiger partial charge in [-0.3, -0.25) is 24.9 Å². The lowest BCUT2D eigenvalue weighted by molar-refractivity contribution is -0.418. The van der Waals surface area contributed by atoms with Gasteiger partial charge in [-0.1, -0.05) is 35.0 Å². The minimum Gasteiger partial charge on any atom is -0.348 e. The molecule has 0 unspecified atom stereocenters. The second kappa shape index (κ2) is 6.52. The molecule has 8 nitrogen and oxygen atoms in total. The van der Waals surface area contributed by atoms with E-state index in [1.54, 1.807) is 5.41 Å². The third-order valence-electron chi connectivity index (χ3n) is 3.28. The lowest BCUT2D eigenvalue weighted by Crippen LogP contribution is -2.24. The molecule has 3 aliphatic rings. The van der Waals surface area contributed by atoms with Crippen molar-refractivity contribution in [1.82, 2.24) is 10.4 Å². The Labute approximate surface area is 154 Å². The molecule has 0 amide bonds. The van der Waals surface area contributed by atoms with Crippen LogP contribution in [0.15, 0.2) is 67.6 Å². The molecule has 0 radical (unpaired) electrons. The number of carbonyl (C=O) groups is 2. The van der Waals surface area contributed by atoms with Crippen LogP contribution in [0, 0.1) is 10.1 Å². The van der Waals surface area contributed by atoms with Crippen molar-refractivity contribution in [2.24, 2.45) is 0 Å². The number of halogens is 2. The van der Waals surface area contributed by atoms with Gasteiger partial charge < -0.3 is 5.32 Å². The maximum atomic E-state index is 11.7. The number of nitro groups is 1. The highest BCUT2D eigenvalue weighted by molar-refractivity contribution is 8.06. The first-order chi connectivity index (χ1) is 11.8. The van der Waals surface area contributed by atoms with Crippen LogP contribution in [0.2, 0.25) is 0 Å². The summed E-state index contributed by atoms with van der Waals surface area (Å²) in [4.78, 5) is 33.2. The molecule has 0 saturated carbocycles. The van der Waals surface area contributed by atoms with Crippen molar-refractivity contribution < 1.29 is 19.7 Å². The molecule has 128 valence electrons. The van der Waals surface area contributed by atoms with Crippen molar-refractivity contribution in [1.29, 1.82) is 0 Å². The largest absolute Gasteiger partial charge is 0.348 e. The van der Waals surface area contributed by atoms with Crippen LogP contribution >= 0.6 is 35.0 Å². The molecule has 2 aliphatic heterocycles. The topological polar surface area (TPSA) is 113 Å². The Hall–Kier alpha value is -2.33. The second-order valence-corrected chi connectivity index (χ2v) is 6.59. The Balaban J connectivity index is 1.92. The van der Waals surface area contributed by atoms with Gasteiger partial charge in [0.25, 0.3) is 0 Å². The van der Waals surface area contributed by atoms with Crippen LogP contribution in [0.1, 0.15) is 0 Å². The molecule has 0 saturated heterocycles. The van der Waals surface area contributed by atoms with Crippen molar-refractivity contribution in [3.8, 4) is 0 Å². The third-order valence-corrected chi connectivity index (χ3v) is 4.75. The fourth-order valence-corrected chi connectivity index (χ4v) is 3.86. The van der Waals surface area contributed by atoms with E-state index in [-0.39, 0.29) is 15.6 Å². The van der Waals surface area contributed by atoms with E-state index >= 15 is 0 Å². The summed E-state index contributed by atoms with van der Waals surface area (Å²) in [5.41, 5.74) is 0.204. The van der Waals surface area contributed by atoms with Gasteiger partial charge in [-0.05, 0) is 6.08 Å². The summed E-state index contributed by atoms with van der Waals surface area (Å²) in [6.45, 7) is 0. The van der Waals surface area contributed by atoms with Crippen molar-refractivity contribution in [2.75, 3.05) is 0 Å². The first kappa shape index (κ1) is 17.5. The molecule has 0 aromatic heterocycles. The number of ketones is 2. The van der Waals surface area contributed by atoms with Gasteiger partial charge in [0, 0.05) is 22.6 Å². The number of Topliss-reactive ketones (excluding diaryl/α,β-unsaturated/α-hetero) is 1. The van der Waals surface area contributed by atoms with E-state index in [2.05, 4.69) is 5.32 Å². The van der Waals surface area contributed by atoms with E-state index in [0.717, 1.165) is 12.2 Å². The fourth-order valence-electron chi connectivity index (χ4n) is 2.17. The lowest BCUT2D eigenvalue weighted by atomic mass is 10.0. The Morgan fingerprint density at radius 2 is 1.84 bits per heavy atom. The number of hydroxylamine groups is 2. The van der Waals surface area contributed by atoms with E-state index in [4.69, 9.17) is 23.2 Å². The Morgan fingerprint density at radius 3 is 2.44 bits per heavy atom. The van der Waals surface area contributed by atoms with E-state index in [1.807, 2.05) is 0 Å². The van der Waals surface area contributed by atoms with Gasteiger partial charge in [-0.15, -0.1) is 0 Å². The van der Waals surface area contributed by atoms with Gasteiger partial charge in [-0.25, -0.2) is 5.06 Å². The molecule has 1 aliphatic carbocycles. The summed E-state index contributed by atoms with van der Waals surface area (Å²) >= 11 is 13.3. The molecule has 3 rings (SSSR count). The predicted octanol–water partition coefficient (Wildman–Crippen LogP) is 2.48. The Bertz CT molecular complexity index is 891. The number of allylic oxidation sites excluding steroid dienone is 6. The smallest absolute Gasteiger partial charge is 0.321 e. The molecule has 0 atom stereocenters. The zero-order valence-electron chi connectivity index (χ0n) is 12.0. The Kier molecular flexibility index (Phi) is 4.56. The number of thioether (sulfide) groups is 1. The van der Waals surface area contributed by atoms with Gasteiger partial charge in [0.2, 0.25) is 5.78 Å². The molecule has 11 heteroatoms. The number of rotatable bonds is 2. The molecule has 0 fully saturated rings. The minimum atomic E-state index is -1.16. The number of nitrogens with zero attached hydrogens (tertiary/aromatic N) is 2. The second-order valence-electron chi connectivity index (χ2n) is 4.89. The number of carbonyl (C=O) groups excluding carboxylic acids is 2. The average molecular weight is 400 g/mol. The van der Waals surface area contributed by atoms with E-state index in [1.165, 1.54) is 24.2 Å². The zero-order chi connectivity index (χ0) is 18.3. The van der Waals surface area contributed by atoms with Gasteiger partial charge in [0.1, 0.15) is 0 Å². The number of hydrogen-bond acceptors (Lipinski definition) is 8. The third kappa shape index (κ3) is 3.27. The van der Waals surface area contributed by atoms with E-state index < -0.39 is 22.2 Å². The molecule has 0 spiro atoms. The molecule has 2 N–H and O–H groups in total. The van der Waals surface area contributed by atoms with Crippen molar-refractivity contribution in [2.45, 2.75) is 0 Å². The van der Waals surface area contributed by atoms with Crippen molar-refractivity contribution in [3.05, 3.63) is 77.7 Å². The highest BCUT2D eigenvalue weighted by Gasteiger charge is 2.33. The highest BCUT2D eigenvalue weighted by atomic mass is 35.5. The number of hydrogen-bond donors (Lipinski definition) is 2. The van der Waals surface area contributed by atoms with Crippen LogP contribution in [0.4, 0.5) is 0 Å². The highest BCUT2D eigenvalue weighted by Crippen LogP contribution is 2.40. The van der Waals surface area contributed by atoms with Crippen molar-refractivity contribution in [3.63, 3.8) is 0 Å². The molecule has 0 aromatic carbocycles. The normalized spacial score (nSPS) is 20.6. The van der Waals surface area contributed by atoms with Gasteiger partial charge in [0.15, 0.2) is 0 Å². The summed E-state index contributed by atoms with van der Waals surface area (Å²) in [7, 11) is 0. The zero-order valence-corrected chi connectivity index (χ0v) is 14.4. The van der Waals surface area contributed by atoms with Gasteiger partial charge in [-0.2, -0.15) is 0 Å². The predicted molar refractivity (Wildman–Crippen MR) is 90.5 cm³/mol. The van der Waals surface area contributed by atoms with Crippen molar-refractivity contribution >= 4 is 46.5 Å². The first-order valence-electron chi connectivity index (χ1n) is 6.55. The summed E-state index contributed by atoms with van der Waals surface area (Å²) in [5.74, 6) is -2.13.